The van der Waals surface area contributed by atoms with Crippen LogP contribution in [-0.2, 0) is 16.1 Å². The maximum Gasteiger partial charge on any atom is 0.342 e. The van der Waals surface area contributed by atoms with Gasteiger partial charge in [-0.05, 0) is 42.0 Å². The van der Waals surface area contributed by atoms with Crippen molar-refractivity contribution in [3.63, 3.8) is 0 Å². The maximum atomic E-state index is 13.0. The Hall–Kier alpha value is -4.20. The molecule has 3 aromatic rings. The molecule has 2 N–H and O–H groups in total. The molecule has 0 radical (unpaired) electrons. The topological polar surface area (TPSA) is 93.7 Å². The van der Waals surface area contributed by atoms with E-state index in [4.69, 9.17) is 9.47 Å². The first-order valence-corrected chi connectivity index (χ1v) is 9.30. The second-order valence-corrected chi connectivity index (χ2v) is 6.36. The Bertz CT molecular complexity index is 1060. The van der Waals surface area contributed by atoms with Gasteiger partial charge in [0, 0.05) is 5.56 Å². The number of ether oxygens (including phenoxy) is 2. The maximum absolute atomic E-state index is 13.0. The van der Waals surface area contributed by atoms with Crippen molar-refractivity contribution in [2.24, 2.45) is 0 Å². The Morgan fingerprint density at radius 3 is 2.23 bits per heavy atom. The first-order valence-electron chi connectivity index (χ1n) is 9.30. The highest BCUT2D eigenvalue weighted by Crippen LogP contribution is 2.20. The van der Waals surface area contributed by atoms with Crippen LogP contribution in [0.2, 0.25) is 0 Å². The van der Waals surface area contributed by atoms with E-state index in [1.165, 1.54) is 18.2 Å². The molecule has 0 spiro atoms. The fourth-order valence-electron chi connectivity index (χ4n) is 2.54. The lowest BCUT2D eigenvalue weighted by Gasteiger charge is -2.12. The molecule has 0 aliphatic rings. The fourth-order valence-corrected chi connectivity index (χ4v) is 2.54. The van der Waals surface area contributed by atoms with Gasteiger partial charge in [-0.2, -0.15) is 0 Å². The highest BCUT2D eigenvalue weighted by atomic mass is 19.1. The highest BCUT2D eigenvalue weighted by molar-refractivity contribution is 5.96. The third-order valence-electron chi connectivity index (χ3n) is 4.10. The van der Waals surface area contributed by atoms with E-state index in [9.17, 15) is 18.8 Å². The molecule has 0 aromatic heterocycles. The molecule has 0 atom stereocenters. The summed E-state index contributed by atoms with van der Waals surface area (Å²) in [6.45, 7) is -0.475. The summed E-state index contributed by atoms with van der Waals surface area (Å²) >= 11 is 0. The minimum atomic E-state index is -0.765. The summed E-state index contributed by atoms with van der Waals surface area (Å²) in [5.41, 5.74) is 5.63. The molecule has 0 heterocycles. The third-order valence-corrected chi connectivity index (χ3v) is 4.10. The minimum Gasteiger partial charge on any atom is -0.488 e. The van der Waals surface area contributed by atoms with Gasteiger partial charge in [0.25, 0.3) is 11.8 Å². The van der Waals surface area contributed by atoms with Crippen molar-refractivity contribution < 1.29 is 28.2 Å². The van der Waals surface area contributed by atoms with Gasteiger partial charge in [-0.3, -0.25) is 20.4 Å². The molecule has 0 aliphatic heterocycles. The molecule has 31 heavy (non-hydrogen) atoms. The lowest BCUT2D eigenvalue weighted by Crippen LogP contribution is -2.43. The number of amides is 2. The van der Waals surface area contributed by atoms with Crippen molar-refractivity contribution in [3.05, 3.63) is 101 Å². The number of rotatable bonds is 7. The number of esters is 1. The van der Waals surface area contributed by atoms with Crippen LogP contribution in [0.25, 0.3) is 0 Å². The van der Waals surface area contributed by atoms with Gasteiger partial charge in [0.2, 0.25) is 0 Å². The van der Waals surface area contributed by atoms with Crippen LogP contribution in [-0.4, -0.2) is 24.4 Å². The van der Waals surface area contributed by atoms with Crippen LogP contribution in [0.4, 0.5) is 4.39 Å². The first kappa shape index (κ1) is 21.5. The normalized spacial score (nSPS) is 10.1. The lowest BCUT2D eigenvalue weighted by molar-refractivity contribution is -0.125. The predicted octanol–water partition coefficient (Wildman–Crippen LogP) is 3.02. The van der Waals surface area contributed by atoms with Crippen LogP contribution in [0.1, 0.15) is 26.3 Å². The predicted molar refractivity (Wildman–Crippen MR) is 110 cm³/mol. The number of carbonyl (C=O) groups excluding carboxylic acids is 3. The van der Waals surface area contributed by atoms with E-state index in [0.717, 1.165) is 5.56 Å². The number of nitrogens with one attached hydrogen (secondary N) is 2. The molecule has 0 saturated heterocycles. The molecule has 8 heteroatoms. The number of halogens is 1. The van der Waals surface area contributed by atoms with E-state index < -0.39 is 24.4 Å². The standard InChI is InChI=1S/C23H19FN2O5/c24-18-12-10-16(11-13-18)14-30-20-9-5-4-8-19(20)23(29)31-15-21(27)25-26-22(28)17-6-2-1-3-7-17/h1-13H,14-15H2,(H,25,27)(H,26,28). The molecular formula is C23H19FN2O5. The van der Waals surface area contributed by atoms with E-state index in [1.54, 1.807) is 60.7 Å². The largest absolute Gasteiger partial charge is 0.488 e. The monoisotopic (exact) mass is 422 g/mol. The van der Waals surface area contributed by atoms with Gasteiger partial charge in [0.1, 0.15) is 23.7 Å². The van der Waals surface area contributed by atoms with Crippen molar-refractivity contribution in [2.75, 3.05) is 6.61 Å². The smallest absolute Gasteiger partial charge is 0.342 e. The molecular weight excluding hydrogens is 403 g/mol. The van der Waals surface area contributed by atoms with Crippen LogP contribution < -0.4 is 15.6 Å². The molecule has 0 bridgehead atoms. The Labute approximate surface area is 177 Å². The molecule has 0 saturated carbocycles. The third kappa shape index (κ3) is 6.40. The minimum absolute atomic E-state index is 0.122. The summed E-state index contributed by atoms with van der Waals surface area (Å²) in [4.78, 5) is 36.1. The van der Waals surface area contributed by atoms with E-state index in [0.29, 0.717) is 5.56 Å². The quantitative estimate of drug-likeness (QED) is 0.451. The van der Waals surface area contributed by atoms with Gasteiger partial charge in [0.15, 0.2) is 6.61 Å². The number of hydrazine groups is 1. The van der Waals surface area contributed by atoms with Gasteiger partial charge in [-0.1, -0.05) is 42.5 Å². The molecule has 0 fully saturated rings. The molecule has 0 unspecified atom stereocenters. The van der Waals surface area contributed by atoms with E-state index >= 15 is 0 Å². The Kier molecular flexibility index (Phi) is 7.31. The van der Waals surface area contributed by atoms with Crippen molar-refractivity contribution in [2.45, 2.75) is 6.61 Å². The van der Waals surface area contributed by atoms with E-state index in [-0.39, 0.29) is 23.7 Å². The average molecular weight is 422 g/mol. The zero-order valence-electron chi connectivity index (χ0n) is 16.3. The van der Waals surface area contributed by atoms with E-state index in [1.807, 2.05) is 0 Å². The summed E-state index contributed by atoms with van der Waals surface area (Å²) in [6, 6.07) is 20.5. The van der Waals surface area contributed by atoms with Crippen LogP contribution in [0.3, 0.4) is 0 Å². The SMILES string of the molecule is O=C(COC(=O)c1ccccc1OCc1ccc(F)cc1)NNC(=O)c1ccccc1. The second kappa shape index (κ2) is 10.5. The van der Waals surface area contributed by atoms with Crippen molar-refractivity contribution >= 4 is 17.8 Å². The highest BCUT2D eigenvalue weighted by Gasteiger charge is 2.16. The molecule has 7 nitrogen and oxygen atoms in total. The lowest BCUT2D eigenvalue weighted by atomic mass is 10.2. The first-order chi connectivity index (χ1) is 15.0. The molecule has 3 rings (SSSR count). The zero-order valence-corrected chi connectivity index (χ0v) is 16.3. The Morgan fingerprint density at radius 1 is 0.806 bits per heavy atom. The summed E-state index contributed by atoms with van der Waals surface area (Å²) < 4.78 is 23.6. The number of para-hydroxylation sites is 1. The number of carbonyl (C=O) groups is 3. The Morgan fingerprint density at radius 2 is 1.48 bits per heavy atom. The summed E-state index contributed by atoms with van der Waals surface area (Å²) in [6.07, 6.45) is 0. The molecule has 2 amide bonds. The molecule has 3 aromatic carbocycles. The summed E-state index contributed by atoms with van der Waals surface area (Å²) in [5, 5.41) is 0. The van der Waals surface area contributed by atoms with Crippen LogP contribution in [0.15, 0.2) is 78.9 Å². The van der Waals surface area contributed by atoms with Crippen LogP contribution in [0, 0.1) is 5.82 Å². The second-order valence-electron chi connectivity index (χ2n) is 6.36. The van der Waals surface area contributed by atoms with Gasteiger partial charge in [0.05, 0.1) is 0 Å². The van der Waals surface area contributed by atoms with Gasteiger partial charge in [-0.25, -0.2) is 9.18 Å². The number of benzene rings is 3. The summed E-state index contributed by atoms with van der Waals surface area (Å²) in [5.74, 6) is -2.07. The van der Waals surface area contributed by atoms with Crippen LogP contribution in [0.5, 0.6) is 5.75 Å². The van der Waals surface area contributed by atoms with Gasteiger partial charge >= 0.3 is 5.97 Å². The fraction of sp³-hybridized carbons (Fsp3) is 0.0870. The summed E-state index contributed by atoms with van der Waals surface area (Å²) in [7, 11) is 0. The van der Waals surface area contributed by atoms with E-state index in [2.05, 4.69) is 10.9 Å². The molecule has 0 aliphatic carbocycles. The number of hydrogen-bond donors (Lipinski definition) is 2. The Balaban J connectivity index is 1.50. The van der Waals surface area contributed by atoms with Crippen molar-refractivity contribution in [1.29, 1.82) is 0 Å². The van der Waals surface area contributed by atoms with Crippen LogP contribution >= 0.6 is 0 Å². The van der Waals surface area contributed by atoms with Gasteiger partial charge in [-0.15, -0.1) is 0 Å². The number of hydrogen-bond acceptors (Lipinski definition) is 5. The van der Waals surface area contributed by atoms with Crippen molar-refractivity contribution in [1.82, 2.24) is 10.9 Å². The average Bonchev–Trinajstić information content (AvgIpc) is 2.81. The van der Waals surface area contributed by atoms with Gasteiger partial charge < -0.3 is 9.47 Å². The zero-order chi connectivity index (χ0) is 22.1. The molecule has 158 valence electrons. The van der Waals surface area contributed by atoms with Crippen molar-refractivity contribution in [3.8, 4) is 5.75 Å².